The van der Waals surface area contributed by atoms with E-state index in [4.69, 9.17) is 11.5 Å². The molecule has 184 valence electrons. The standard InChI is InChI=1S/C20H16N8O6S2/c21-14-5-12(18(36(32,33)34)17(22)16(14)20-27-9-24-10-28-20)3-1-11-2-4-13(6-15(11)35(29,30)31)19-25-7-23-8-26-19/h1-10H,21-22H2,(H,29,30,31)(H,32,33,34). The minimum Gasteiger partial charge on any atom is -0.398 e. The van der Waals surface area contributed by atoms with Crippen molar-refractivity contribution in [2.75, 3.05) is 11.5 Å². The molecular weight excluding hydrogens is 512 g/mol. The molecule has 0 unspecified atom stereocenters. The van der Waals surface area contributed by atoms with Crippen LogP contribution in [0.1, 0.15) is 11.1 Å². The van der Waals surface area contributed by atoms with Crippen LogP contribution in [0.5, 0.6) is 0 Å². The molecule has 0 saturated heterocycles. The lowest BCUT2D eigenvalue weighted by Crippen LogP contribution is -2.10. The maximum atomic E-state index is 12.2. The molecule has 4 rings (SSSR count). The Morgan fingerprint density at radius 2 is 1.28 bits per heavy atom. The van der Waals surface area contributed by atoms with Gasteiger partial charge in [-0.15, -0.1) is 0 Å². The fourth-order valence-corrected chi connectivity index (χ4v) is 4.88. The molecule has 2 aromatic heterocycles. The lowest BCUT2D eigenvalue weighted by Gasteiger charge is -2.14. The molecule has 0 atom stereocenters. The summed E-state index contributed by atoms with van der Waals surface area (Å²) in [7, 11) is -9.62. The first-order valence-electron chi connectivity index (χ1n) is 9.70. The molecule has 6 N–H and O–H groups in total. The summed E-state index contributed by atoms with van der Waals surface area (Å²) in [5, 5.41) is 0. The summed E-state index contributed by atoms with van der Waals surface area (Å²) in [6, 6.07) is 5.17. The molecule has 0 aliphatic carbocycles. The lowest BCUT2D eigenvalue weighted by atomic mass is 10.0. The Labute approximate surface area is 204 Å². The van der Waals surface area contributed by atoms with Crippen molar-refractivity contribution in [3.63, 3.8) is 0 Å². The lowest BCUT2D eigenvalue weighted by molar-refractivity contribution is 0.481. The number of aromatic nitrogens is 6. The van der Waals surface area contributed by atoms with Crippen LogP contribution in [0.2, 0.25) is 0 Å². The molecule has 2 aromatic carbocycles. The summed E-state index contributed by atoms with van der Waals surface area (Å²) in [4.78, 5) is 21.8. The van der Waals surface area contributed by atoms with Crippen molar-refractivity contribution >= 4 is 43.8 Å². The minimum absolute atomic E-state index is 0.0183. The van der Waals surface area contributed by atoms with Crippen LogP contribution in [-0.4, -0.2) is 55.8 Å². The molecule has 36 heavy (non-hydrogen) atoms. The number of benzene rings is 2. The highest BCUT2D eigenvalue weighted by Gasteiger charge is 2.25. The summed E-state index contributed by atoms with van der Waals surface area (Å²) in [6.07, 6.45) is 7.11. The molecule has 4 aromatic rings. The largest absolute Gasteiger partial charge is 0.398 e. The smallest absolute Gasteiger partial charge is 0.297 e. The maximum Gasteiger partial charge on any atom is 0.297 e. The van der Waals surface area contributed by atoms with Gasteiger partial charge in [0.2, 0.25) is 0 Å². The number of nitrogens with zero attached hydrogens (tertiary/aromatic N) is 6. The van der Waals surface area contributed by atoms with E-state index in [1.54, 1.807) is 0 Å². The second-order valence-corrected chi connectivity index (χ2v) is 9.88. The summed E-state index contributed by atoms with van der Waals surface area (Å²) >= 11 is 0. The molecule has 14 nitrogen and oxygen atoms in total. The second-order valence-electron chi connectivity index (χ2n) is 7.13. The molecule has 16 heteroatoms. The van der Waals surface area contributed by atoms with Crippen molar-refractivity contribution in [1.29, 1.82) is 0 Å². The fraction of sp³-hybridized carbons (Fsp3) is 0. The summed E-state index contributed by atoms with van der Waals surface area (Å²) < 4.78 is 68.1. The Balaban J connectivity index is 1.88. The fourth-order valence-electron chi connectivity index (χ4n) is 3.36. The summed E-state index contributed by atoms with van der Waals surface area (Å²) in [6.45, 7) is 0. The predicted molar refractivity (Wildman–Crippen MR) is 128 cm³/mol. The molecule has 0 radical (unpaired) electrons. The van der Waals surface area contributed by atoms with Gasteiger partial charge in [-0.3, -0.25) is 9.11 Å². The normalized spacial score (nSPS) is 12.2. The Morgan fingerprint density at radius 1 is 0.722 bits per heavy atom. The van der Waals surface area contributed by atoms with Gasteiger partial charge < -0.3 is 11.5 Å². The monoisotopic (exact) mass is 528 g/mol. The maximum absolute atomic E-state index is 12.2. The van der Waals surface area contributed by atoms with Crippen LogP contribution in [0.4, 0.5) is 11.4 Å². The highest BCUT2D eigenvalue weighted by Crippen LogP contribution is 2.38. The van der Waals surface area contributed by atoms with Gasteiger partial charge in [-0.25, -0.2) is 29.9 Å². The van der Waals surface area contributed by atoms with Gasteiger partial charge in [-0.1, -0.05) is 24.3 Å². The van der Waals surface area contributed by atoms with Crippen LogP contribution in [0.15, 0.2) is 59.4 Å². The molecule has 0 bridgehead atoms. The quantitative estimate of drug-likeness (QED) is 0.156. The zero-order valence-corrected chi connectivity index (χ0v) is 19.6. The van der Waals surface area contributed by atoms with E-state index in [0.717, 1.165) is 18.7 Å². The first-order chi connectivity index (χ1) is 17.0. The number of nitrogens with two attached hydrogens (primary N) is 2. The zero-order chi connectivity index (χ0) is 26.1. The average Bonchev–Trinajstić information content (AvgIpc) is 2.82. The highest BCUT2D eigenvalue weighted by atomic mass is 32.2. The van der Waals surface area contributed by atoms with E-state index in [0.29, 0.717) is 0 Å². The van der Waals surface area contributed by atoms with Crippen LogP contribution in [0.3, 0.4) is 0 Å². The second kappa shape index (κ2) is 9.34. The van der Waals surface area contributed by atoms with Gasteiger partial charge in [0.05, 0.1) is 11.3 Å². The van der Waals surface area contributed by atoms with Gasteiger partial charge in [0, 0.05) is 11.3 Å². The van der Waals surface area contributed by atoms with Crippen molar-refractivity contribution in [2.24, 2.45) is 0 Å². The third kappa shape index (κ3) is 5.01. The van der Waals surface area contributed by atoms with E-state index in [1.807, 2.05) is 0 Å². The molecular formula is C20H16N8O6S2. The third-order valence-electron chi connectivity index (χ3n) is 4.84. The Bertz CT molecular complexity index is 1700. The number of hydrogen-bond donors (Lipinski definition) is 4. The number of rotatable bonds is 6. The Morgan fingerprint density at radius 3 is 1.83 bits per heavy atom. The van der Waals surface area contributed by atoms with E-state index < -0.39 is 35.7 Å². The van der Waals surface area contributed by atoms with Crippen LogP contribution in [-0.2, 0) is 20.2 Å². The van der Waals surface area contributed by atoms with E-state index in [1.165, 1.54) is 43.0 Å². The van der Waals surface area contributed by atoms with Gasteiger partial charge >= 0.3 is 0 Å². The number of nitrogen functional groups attached to an aromatic ring is 2. The molecule has 0 fully saturated rings. The van der Waals surface area contributed by atoms with Gasteiger partial charge in [0.1, 0.15) is 35.1 Å². The Kier molecular flexibility index (Phi) is 6.42. The summed E-state index contributed by atoms with van der Waals surface area (Å²) in [5.74, 6) is 0.136. The SMILES string of the molecule is Nc1cc(C=Cc2ccc(-c3ncncn3)cc2S(=O)(=O)O)c(S(=O)(=O)O)c(N)c1-c1ncncn1. The molecule has 0 amide bonds. The molecule has 0 spiro atoms. The number of anilines is 2. The minimum atomic E-state index is -4.89. The van der Waals surface area contributed by atoms with Crippen molar-refractivity contribution in [2.45, 2.75) is 9.79 Å². The van der Waals surface area contributed by atoms with Crippen LogP contribution >= 0.6 is 0 Å². The van der Waals surface area contributed by atoms with Crippen molar-refractivity contribution < 1.29 is 25.9 Å². The van der Waals surface area contributed by atoms with Crippen LogP contribution in [0, 0.1) is 0 Å². The van der Waals surface area contributed by atoms with Crippen LogP contribution in [0.25, 0.3) is 34.9 Å². The molecule has 0 aliphatic heterocycles. The highest BCUT2D eigenvalue weighted by molar-refractivity contribution is 7.86. The van der Waals surface area contributed by atoms with Gasteiger partial charge in [-0.2, -0.15) is 16.8 Å². The first-order valence-corrected chi connectivity index (χ1v) is 12.6. The predicted octanol–water partition coefficient (Wildman–Crippen LogP) is 1.22. The number of hydrogen-bond acceptors (Lipinski definition) is 12. The van der Waals surface area contributed by atoms with Crippen LogP contribution < -0.4 is 11.5 Å². The first kappa shape index (κ1) is 24.7. The Hall–Kier alpha value is -4.38. The molecule has 0 aliphatic rings. The van der Waals surface area contributed by atoms with E-state index in [2.05, 4.69) is 29.9 Å². The molecule has 2 heterocycles. The van der Waals surface area contributed by atoms with Gasteiger partial charge in [0.25, 0.3) is 20.2 Å². The van der Waals surface area contributed by atoms with Crippen molar-refractivity contribution in [3.05, 3.63) is 60.7 Å². The van der Waals surface area contributed by atoms with Crippen molar-refractivity contribution in [1.82, 2.24) is 29.9 Å². The molecule has 0 saturated carbocycles. The van der Waals surface area contributed by atoms with Crippen molar-refractivity contribution in [3.8, 4) is 22.8 Å². The van der Waals surface area contributed by atoms with Gasteiger partial charge in [-0.05, 0) is 23.3 Å². The van der Waals surface area contributed by atoms with E-state index in [9.17, 15) is 25.9 Å². The van der Waals surface area contributed by atoms with Gasteiger partial charge in [0.15, 0.2) is 11.6 Å². The summed E-state index contributed by atoms with van der Waals surface area (Å²) in [5.41, 5.74) is 11.7. The zero-order valence-electron chi connectivity index (χ0n) is 18.0. The van der Waals surface area contributed by atoms with E-state index >= 15 is 0 Å². The average molecular weight is 529 g/mol. The third-order valence-corrected chi connectivity index (χ3v) is 6.72. The van der Waals surface area contributed by atoms with E-state index in [-0.39, 0.29) is 39.6 Å². The topological polar surface area (TPSA) is 238 Å².